The molecule has 7 heteroatoms. The van der Waals surface area contributed by atoms with Gasteiger partial charge in [-0.15, -0.1) is 0 Å². The van der Waals surface area contributed by atoms with Gasteiger partial charge in [-0.2, -0.15) is 0 Å². The first kappa shape index (κ1) is 63.8. The number of unbranched alkanes of at least 4 members (excludes halogenated alkanes) is 24. The number of aliphatic hydroxyl groups is 1. The van der Waals surface area contributed by atoms with Gasteiger partial charge in [0, 0.05) is 25.4 Å². The van der Waals surface area contributed by atoms with Crippen LogP contribution >= 0.6 is 0 Å². The Morgan fingerprint density at radius 3 is 1.15 bits per heavy atom. The van der Waals surface area contributed by atoms with Crippen LogP contribution in [0.2, 0.25) is 0 Å². The van der Waals surface area contributed by atoms with Gasteiger partial charge in [-0.25, -0.2) is 0 Å². The highest BCUT2D eigenvalue weighted by Gasteiger charge is 2.19. The van der Waals surface area contributed by atoms with Gasteiger partial charge in [0.2, 0.25) is 0 Å². The monoisotopic (exact) mass is 921 g/mol. The summed E-state index contributed by atoms with van der Waals surface area (Å²) in [6.45, 7) is 17.0. The summed E-state index contributed by atoms with van der Waals surface area (Å²) >= 11 is 0. The Balaban J connectivity index is 4.96. The molecule has 0 aliphatic rings. The van der Waals surface area contributed by atoms with E-state index < -0.39 is 0 Å². The molecule has 0 radical (unpaired) electrons. The lowest BCUT2D eigenvalue weighted by Gasteiger charge is -2.33. The molecule has 388 valence electrons. The third kappa shape index (κ3) is 43.8. The number of carbonyl (C=O) groups is 2. The normalized spacial score (nSPS) is 13.2. The van der Waals surface area contributed by atoms with Gasteiger partial charge in [-0.05, 0) is 103 Å². The summed E-state index contributed by atoms with van der Waals surface area (Å²) in [5, 5.41) is 9.49. The Bertz CT molecular complexity index is 924. The molecule has 0 heterocycles. The number of rotatable bonds is 53. The van der Waals surface area contributed by atoms with Crippen LogP contribution in [0.1, 0.15) is 291 Å². The Morgan fingerprint density at radius 2 is 0.723 bits per heavy atom. The molecule has 0 aliphatic carbocycles. The van der Waals surface area contributed by atoms with Crippen molar-refractivity contribution < 1.29 is 24.2 Å². The number of carbonyl (C=O) groups excluding carboxylic acids is 2. The van der Waals surface area contributed by atoms with Crippen LogP contribution in [0.5, 0.6) is 0 Å². The first-order chi connectivity index (χ1) is 31.8. The summed E-state index contributed by atoms with van der Waals surface area (Å²) in [4.78, 5) is 30.4. The summed E-state index contributed by atoms with van der Waals surface area (Å²) in [5.41, 5.74) is 0. The van der Waals surface area contributed by atoms with Gasteiger partial charge in [0.15, 0.2) is 0 Å². The van der Waals surface area contributed by atoms with E-state index in [2.05, 4.69) is 51.5 Å². The highest BCUT2D eigenvalue weighted by molar-refractivity contribution is 5.69. The Labute approximate surface area is 406 Å². The minimum Gasteiger partial charge on any atom is -0.465 e. The number of nitrogens with zero attached hydrogens (tertiary/aromatic N) is 2. The molecule has 0 bridgehead atoms. The Kier molecular flexibility index (Phi) is 49.8. The molecular weight excluding hydrogens is 805 g/mol. The molecule has 0 spiro atoms. The lowest BCUT2D eigenvalue weighted by molar-refractivity contribution is -0.146. The van der Waals surface area contributed by atoms with Crippen molar-refractivity contribution in [3.8, 4) is 0 Å². The standard InChI is InChI=1S/C58H116N2O5/c1-7-12-17-20-25-30-37-48-60(49-38-47-59(6)50-51-61)56(43-33-26-21-23-28-35-45-57(62)64-52-54(39-15-10-4)41-31-18-13-8-2)44-34-27-22-24-29-36-46-58(63)65-53-55(40-16-11-5)42-32-19-14-9-3/h54-56,61H,7-53H2,1-6H3. The first-order valence-corrected chi connectivity index (χ1v) is 29.2. The van der Waals surface area contributed by atoms with Crippen LogP contribution in [0.15, 0.2) is 0 Å². The number of aliphatic hydroxyl groups excluding tert-OH is 1. The zero-order chi connectivity index (χ0) is 47.7. The minimum atomic E-state index is 0.0149. The summed E-state index contributed by atoms with van der Waals surface area (Å²) < 4.78 is 11.6. The zero-order valence-electron chi connectivity index (χ0n) is 44.9. The molecular formula is C58H116N2O5. The van der Waals surface area contributed by atoms with Gasteiger partial charge in [-0.1, -0.05) is 214 Å². The van der Waals surface area contributed by atoms with Gasteiger partial charge in [0.1, 0.15) is 0 Å². The van der Waals surface area contributed by atoms with Gasteiger partial charge in [0.25, 0.3) is 0 Å². The van der Waals surface area contributed by atoms with Gasteiger partial charge in [0.05, 0.1) is 19.8 Å². The molecule has 0 aromatic heterocycles. The van der Waals surface area contributed by atoms with Gasteiger partial charge in [-0.3, -0.25) is 9.59 Å². The first-order valence-electron chi connectivity index (χ1n) is 29.2. The maximum atomic E-state index is 12.6. The van der Waals surface area contributed by atoms with Gasteiger partial charge >= 0.3 is 11.9 Å². The molecule has 0 rings (SSSR count). The van der Waals surface area contributed by atoms with Crippen molar-refractivity contribution in [1.29, 1.82) is 0 Å². The van der Waals surface area contributed by atoms with Crippen molar-refractivity contribution in [3.63, 3.8) is 0 Å². The molecule has 65 heavy (non-hydrogen) atoms. The Hall–Kier alpha value is -1.18. The number of likely N-dealkylation sites (N-methyl/N-ethyl adjacent to an activating group) is 1. The number of ether oxygens (including phenoxy) is 2. The number of hydrogen-bond donors (Lipinski definition) is 1. The fraction of sp³-hybridized carbons (Fsp3) is 0.966. The smallest absolute Gasteiger partial charge is 0.305 e. The summed E-state index contributed by atoms with van der Waals surface area (Å²) in [5.74, 6) is 1.10. The summed E-state index contributed by atoms with van der Waals surface area (Å²) in [6.07, 6.45) is 48.5. The third-order valence-electron chi connectivity index (χ3n) is 14.2. The van der Waals surface area contributed by atoms with Crippen molar-refractivity contribution in [2.24, 2.45) is 11.8 Å². The van der Waals surface area contributed by atoms with Crippen LogP contribution in [-0.2, 0) is 19.1 Å². The SMILES string of the molecule is CCCCCCCCCN(CCCN(C)CCO)C(CCCCCCCCC(=O)OCC(CCCC)CCCCCC)CCCCCCCCC(=O)OCC(CCCC)CCCCCC. The molecule has 7 nitrogen and oxygen atoms in total. The van der Waals surface area contributed by atoms with Crippen LogP contribution in [0.25, 0.3) is 0 Å². The predicted octanol–water partition coefficient (Wildman–Crippen LogP) is 16.6. The van der Waals surface area contributed by atoms with Crippen molar-refractivity contribution in [3.05, 3.63) is 0 Å². The van der Waals surface area contributed by atoms with Crippen LogP contribution in [-0.4, -0.2) is 85.9 Å². The fourth-order valence-electron chi connectivity index (χ4n) is 9.69. The third-order valence-corrected chi connectivity index (χ3v) is 14.2. The predicted molar refractivity (Wildman–Crippen MR) is 282 cm³/mol. The molecule has 0 fully saturated rings. The highest BCUT2D eigenvalue weighted by Crippen LogP contribution is 2.23. The maximum Gasteiger partial charge on any atom is 0.305 e. The summed E-state index contributed by atoms with van der Waals surface area (Å²) in [7, 11) is 2.14. The van der Waals surface area contributed by atoms with E-state index in [1.807, 2.05) is 0 Å². The zero-order valence-corrected chi connectivity index (χ0v) is 44.9. The second kappa shape index (κ2) is 50.7. The molecule has 0 aliphatic heterocycles. The summed E-state index contributed by atoms with van der Waals surface area (Å²) in [6, 6.07) is 0.642. The largest absolute Gasteiger partial charge is 0.465 e. The van der Waals surface area contributed by atoms with Crippen molar-refractivity contribution in [1.82, 2.24) is 9.80 Å². The molecule has 0 aromatic carbocycles. The van der Waals surface area contributed by atoms with Crippen LogP contribution in [0, 0.1) is 11.8 Å². The van der Waals surface area contributed by atoms with E-state index >= 15 is 0 Å². The average molecular weight is 922 g/mol. The maximum absolute atomic E-state index is 12.6. The highest BCUT2D eigenvalue weighted by atomic mass is 16.5. The molecule has 0 saturated carbocycles. The van der Waals surface area contributed by atoms with Crippen LogP contribution < -0.4 is 0 Å². The van der Waals surface area contributed by atoms with Crippen molar-refractivity contribution in [2.45, 2.75) is 297 Å². The Morgan fingerprint density at radius 1 is 0.385 bits per heavy atom. The van der Waals surface area contributed by atoms with E-state index in [-0.39, 0.29) is 18.5 Å². The van der Waals surface area contributed by atoms with Crippen molar-refractivity contribution in [2.75, 3.05) is 53.0 Å². The van der Waals surface area contributed by atoms with E-state index in [0.717, 1.165) is 51.7 Å². The quantitative estimate of drug-likeness (QED) is 0.0481. The molecule has 0 amide bonds. The van der Waals surface area contributed by atoms with E-state index in [0.29, 0.717) is 43.9 Å². The van der Waals surface area contributed by atoms with Crippen LogP contribution in [0.4, 0.5) is 0 Å². The van der Waals surface area contributed by atoms with Crippen molar-refractivity contribution >= 4 is 11.9 Å². The van der Waals surface area contributed by atoms with Crippen LogP contribution in [0.3, 0.4) is 0 Å². The molecule has 0 saturated heterocycles. The minimum absolute atomic E-state index is 0.0149. The number of hydrogen-bond acceptors (Lipinski definition) is 7. The fourth-order valence-corrected chi connectivity index (χ4v) is 9.69. The topological polar surface area (TPSA) is 79.3 Å². The lowest BCUT2D eigenvalue weighted by Crippen LogP contribution is -2.38. The van der Waals surface area contributed by atoms with E-state index in [1.165, 1.54) is 218 Å². The van der Waals surface area contributed by atoms with E-state index in [4.69, 9.17) is 9.47 Å². The molecule has 1 N–H and O–H groups in total. The average Bonchev–Trinajstić information content (AvgIpc) is 3.30. The molecule has 2 atom stereocenters. The lowest BCUT2D eigenvalue weighted by atomic mass is 9.96. The van der Waals surface area contributed by atoms with E-state index in [1.54, 1.807) is 0 Å². The second-order valence-electron chi connectivity index (χ2n) is 20.6. The van der Waals surface area contributed by atoms with Gasteiger partial charge < -0.3 is 24.4 Å². The van der Waals surface area contributed by atoms with E-state index in [9.17, 15) is 14.7 Å². The second-order valence-corrected chi connectivity index (χ2v) is 20.6. The molecule has 2 unspecified atom stereocenters. The molecule has 0 aromatic rings. The number of esters is 2.